The van der Waals surface area contributed by atoms with Crippen LogP contribution in [0.25, 0.3) is 0 Å². The molecule has 0 saturated heterocycles. The number of nitrogens with one attached hydrogen (secondary N) is 1. The topological polar surface area (TPSA) is 64.6 Å². The molecule has 1 aliphatic heterocycles. The molecule has 0 radical (unpaired) electrons. The van der Waals surface area contributed by atoms with Gasteiger partial charge in [-0.1, -0.05) is 0 Å². The Balaban J connectivity index is 1.94. The molecule has 102 valence electrons. The van der Waals surface area contributed by atoms with Crippen molar-refractivity contribution in [2.24, 2.45) is 0 Å². The lowest BCUT2D eigenvalue weighted by Crippen LogP contribution is -2.17. The molecule has 1 aromatic carbocycles. The van der Waals surface area contributed by atoms with Crippen molar-refractivity contribution in [3.05, 3.63) is 23.8 Å². The lowest BCUT2D eigenvalue weighted by Gasteiger charge is -2.18. The van der Waals surface area contributed by atoms with Crippen LogP contribution in [0.15, 0.2) is 18.2 Å². The molecule has 19 heavy (non-hydrogen) atoms. The Kier molecular flexibility index (Phi) is 4.39. The number of carbonyl (C=O) groups excluding carboxylic acids is 2. The summed E-state index contributed by atoms with van der Waals surface area (Å²) in [6.45, 7) is 1.04. The van der Waals surface area contributed by atoms with Crippen LogP contribution in [0.3, 0.4) is 0 Å². The quantitative estimate of drug-likeness (QED) is 0.819. The number of ketones is 1. The highest BCUT2D eigenvalue weighted by Gasteiger charge is 2.14. The highest BCUT2D eigenvalue weighted by atomic mass is 16.6. The molecule has 1 amide bonds. The van der Waals surface area contributed by atoms with Gasteiger partial charge >= 0.3 is 0 Å². The van der Waals surface area contributed by atoms with Gasteiger partial charge in [0.1, 0.15) is 13.2 Å². The SMILES string of the molecule is CNC(=O)CCCC(=O)c1ccc2c(c1)OCCO2. The van der Waals surface area contributed by atoms with E-state index in [2.05, 4.69) is 5.32 Å². The van der Waals surface area contributed by atoms with E-state index < -0.39 is 0 Å². The summed E-state index contributed by atoms with van der Waals surface area (Å²) in [5.74, 6) is 1.26. The Morgan fingerprint density at radius 2 is 1.89 bits per heavy atom. The first-order valence-electron chi connectivity index (χ1n) is 6.34. The third kappa shape index (κ3) is 3.47. The fourth-order valence-electron chi connectivity index (χ4n) is 1.90. The van der Waals surface area contributed by atoms with Crippen LogP contribution in [-0.2, 0) is 4.79 Å². The summed E-state index contributed by atoms with van der Waals surface area (Å²) in [5.41, 5.74) is 0.598. The molecule has 0 aliphatic carbocycles. The molecule has 5 nitrogen and oxygen atoms in total. The zero-order chi connectivity index (χ0) is 13.7. The van der Waals surface area contributed by atoms with Gasteiger partial charge in [0.05, 0.1) is 0 Å². The van der Waals surface area contributed by atoms with Gasteiger partial charge in [-0.15, -0.1) is 0 Å². The average molecular weight is 263 g/mol. The van der Waals surface area contributed by atoms with Crippen LogP contribution < -0.4 is 14.8 Å². The second kappa shape index (κ2) is 6.22. The maximum absolute atomic E-state index is 12.0. The Labute approximate surface area is 111 Å². The van der Waals surface area contributed by atoms with Crippen molar-refractivity contribution < 1.29 is 19.1 Å². The van der Waals surface area contributed by atoms with E-state index in [1.165, 1.54) is 0 Å². The third-order valence-corrected chi connectivity index (χ3v) is 2.95. The number of hydrogen-bond donors (Lipinski definition) is 1. The first-order valence-corrected chi connectivity index (χ1v) is 6.34. The van der Waals surface area contributed by atoms with Crippen LogP contribution in [0.1, 0.15) is 29.6 Å². The predicted octanol–water partition coefficient (Wildman–Crippen LogP) is 1.56. The fourth-order valence-corrected chi connectivity index (χ4v) is 1.90. The standard InChI is InChI=1S/C14H17NO4/c1-15-14(17)4-2-3-11(16)10-5-6-12-13(9-10)19-8-7-18-12/h5-6,9H,2-4,7-8H2,1H3,(H,15,17). The summed E-state index contributed by atoms with van der Waals surface area (Å²) >= 11 is 0. The van der Waals surface area contributed by atoms with Crippen LogP contribution in [0.5, 0.6) is 11.5 Å². The minimum Gasteiger partial charge on any atom is -0.486 e. The van der Waals surface area contributed by atoms with E-state index in [4.69, 9.17) is 9.47 Å². The molecule has 0 spiro atoms. The van der Waals surface area contributed by atoms with Gasteiger partial charge in [0.2, 0.25) is 5.91 Å². The van der Waals surface area contributed by atoms with Crippen molar-refractivity contribution in [2.45, 2.75) is 19.3 Å². The van der Waals surface area contributed by atoms with Crippen molar-refractivity contribution in [1.29, 1.82) is 0 Å². The van der Waals surface area contributed by atoms with Gasteiger partial charge in [-0.3, -0.25) is 9.59 Å². The first-order chi connectivity index (χ1) is 9.20. The minimum atomic E-state index is -0.0463. The smallest absolute Gasteiger partial charge is 0.219 e. The molecule has 2 rings (SSSR count). The molecular weight excluding hydrogens is 246 g/mol. The third-order valence-electron chi connectivity index (χ3n) is 2.95. The van der Waals surface area contributed by atoms with Gasteiger partial charge in [-0.25, -0.2) is 0 Å². The molecule has 0 fully saturated rings. The van der Waals surface area contributed by atoms with Crippen molar-refractivity contribution in [1.82, 2.24) is 5.32 Å². The highest BCUT2D eigenvalue weighted by molar-refractivity contribution is 5.96. The molecule has 1 heterocycles. The van der Waals surface area contributed by atoms with Gasteiger partial charge in [0.25, 0.3) is 0 Å². The Hall–Kier alpha value is -2.04. The van der Waals surface area contributed by atoms with Crippen LogP contribution in [0.2, 0.25) is 0 Å². The van der Waals surface area contributed by atoms with Crippen molar-refractivity contribution >= 4 is 11.7 Å². The maximum Gasteiger partial charge on any atom is 0.219 e. The summed E-state index contributed by atoms with van der Waals surface area (Å²) in [4.78, 5) is 23.0. The summed E-state index contributed by atoms with van der Waals surface area (Å²) in [6.07, 6.45) is 1.27. The maximum atomic E-state index is 12.0. The Bertz CT molecular complexity index is 484. The number of carbonyl (C=O) groups is 2. The number of amides is 1. The first kappa shape index (κ1) is 13.4. The van der Waals surface area contributed by atoms with Crippen LogP contribution >= 0.6 is 0 Å². The van der Waals surface area contributed by atoms with E-state index in [0.717, 1.165) is 0 Å². The predicted molar refractivity (Wildman–Crippen MR) is 69.7 cm³/mol. The largest absolute Gasteiger partial charge is 0.486 e. The lowest BCUT2D eigenvalue weighted by molar-refractivity contribution is -0.120. The molecule has 0 saturated carbocycles. The van der Waals surface area contributed by atoms with Gasteiger partial charge in [0.15, 0.2) is 17.3 Å². The fraction of sp³-hybridized carbons (Fsp3) is 0.429. The number of ether oxygens (including phenoxy) is 2. The molecule has 0 bridgehead atoms. The molecule has 1 aromatic rings. The van der Waals surface area contributed by atoms with Crippen molar-refractivity contribution in [3.8, 4) is 11.5 Å². The molecule has 0 unspecified atom stereocenters. The molecule has 1 aliphatic rings. The Morgan fingerprint density at radius 3 is 2.63 bits per heavy atom. The zero-order valence-corrected chi connectivity index (χ0v) is 10.9. The van der Waals surface area contributed by atoms with E-state index in [0.29, 0.717) is 49.5 Å². The number of Topliss-reactive ketones (excluding diaryl/α,β-unsaturated/α-hetero) is 1. The molecule has 0 aromatic heterocycles. The second-order valence-electron chi connectivity index (χ2n) is 4.31. The molecule has 5 heteroatoms. The van der Waals surface area contributed by atoms with E-state index in [1.807, 2.05) is 0 Å². The van der Waals surface area contributed by atoms with E-state index in [1.54, 1.807) is 25.2 Å². The number of fused-ring (bicyclic) bond motifs is 1. The van der Waals surface area contributed by atoms with E-state index >= 15 is 0 Å². The molecular formula is C14H17NO4. The van der Waals surface area contributed by atoms with Crippen molar-refractivity contribution in [3.63, 3.8) is 0 Å². The Morgan fingerprint density at radius 1 is 1.16 bits per heavy atom. The minimum absolute atomic E-state index is 0.0147. The normalized spacial score (nSPS) is 12.9. The van der Waals surface area contributed by atoms with Gasteiger partial charge in [0, 0.05) is 25.5 Å². The van der Waals surface area contributed by atoms with Crippen LogP contribution in [-0.4, -0.2) is 32.0 Å². The summed E-state index contributed by atoms with van der Waals surface area (Å²) in [6, 6.07) is 5.19. The van der Waals surface area contributed by atoms with E-state index in [-0.39, 0.29) is 11.7 Å². The van der Waals surface area contributed by atoms with Gasteiger partial charge in [-0.2, -0.15) is 0 Å². The average Bonchev–Trinajstić information content (AvgIpc) is 2.46. The zero-order valence-electron chi connectivity index (χ0n) is 10.9. The van der Waals surface area contributed by atoms with Crippen LogP contribution in [0, 0.1) is 0 Å². The monoisotopic (exact) mass is 263 g/mol. The van der Waals surface area contributed by atoms with Gasteiger partial charge < -0.3 is 14.8 Å². The van der Waals surface area contributed by atoms with Gasteiger partial charge in [-0.05, 0) is 24.6 Å². The number of hydrogen-bond acceptors (Lipinski definition) is 4. The number of benzene rings is 1. The molecule has 0 atom stereocenters. The van der Waals surface area contributed by atoms with Crippen LogP contribution in [0.4, 0.5) is 0 Å². The summed E-state index contributed by atoms with van der Waals surface area (Å²) in [7, 11) is 1.59. The summed E-state index contributed by atoms with van der Waals surface area (Å²) in [5, 5.41) is 2.53. The summed E-state index contributed by atoms with van der Waals surface area (Å²) < 4.78 is 10.8. The molecule has 1 N–H and O–H groups in total. The van der Waals surface area contributed by atoms with Crippen molar-refractivity contribution in [2.75, 3.05) is 20.3 Å². The number of rotatable bonds is 5. The van der Waals surface area contributed by atoms with E-state index in [9.17, 15) is 9.59 Å². The second-order valence-corrected chi connectivity index (χ2v) is 4.31. The lowest BCUT2D eigenvalue weighted by atomic mass is 10.0. The highest BCUT2D eigenvalue weighted by Crippen LogP contribution is 2.31.